The molecule has 2 aliphatic rings. The van der Waals surface area contributed by atoms with E-state index in [1.54, 1.807) is 0 Å². The lowest BCUT2D eigenvalue weighted by Gasteiger charge is -2.47. The van der Waals surface area contributed by atoms with Crippen molar-refractivity contribution in [3.63, 3.8) is 0 Å². The minimum absolute atomic E-state index is 0.311. The van der Waals surface area contributed by atoms with Crippen molar-refractivity contribution in [1.29, 1.82) is 0 Å². The molecule has 2 heterocycles. The summed E-state index contributed by atoms with van der Waals surface area (Å²) < 4.78 is 0. The number of hydrogen-bond acceptors (Lipinski definition) is 2. The van der Waals surface area contributed by atoms with E-state index in [1.807, 2.05) is 0 Å². The van der Waals surface area contributed by atoms with Gasteiger partial charge in [0.25, 0.3) is 0 Å². The summed E-state index contributed by atoms with van der Waals surface area (Å²) >= 11 is 0. The molecular weight excluding hydrogens is 328 g/mol. The molecule has 0 spiro atoms. The molecule has 2 heteroatoms. The molecule has 2 unspecified atom stereocenters. The van der Waals surface area contributed by atoms with Crippen molar-refractivity contribution < 1.29 is 0 Å². The Morgan fingerprint density at radius 2 is 1.26 bits per heavy atom. The van der Waals surface area contributed by atoms with Gasteiger partial charge in [-0.05, 0) is 102 Å². The number of hydrogen-bond donors (Lipinski definition) is 0. The highest BCUT2D eigenvalue weighted by atomic mass is 15.2. The zero-order chi connectivity index (χ0) is 20.7. The lowest BCUT2D eigenvalue weighted by molar-refractivity contribution is 0.0198. The third-order valence-electron chi connectivity index (χ3n) is 8.13. The monoisotopic (exact) mass is 378 g/mol. The normalized spacial score (nSPS) is 27.3. The molecule has 0 amide bonds. The molecular formula is C25H50N2. The van der Waals surface area contributed by atoms with Gasteiger partial charge in [0.1, 0.15) is 0 Å². The van der Waals surface area contributed by atoms with Crippen LogP contribution >= 0.6 is 0 Å². The van der Waals surface area contributed by atoms with Crippen LogP contribution in [-0.2, 0) is 0 Å². The minimum atomic E-state index is 0.311. The molecule has 2 nitrogen and oxygen atoms in total. The number of nitrogens with zero attached hydrogens (tertiary/aromatic N) is 2. The fourth-order valence-electron chi connectivity index (χ4n) is 5.23. The molecule has 0 aliphatic carbocycles. The average molecular weight is 379 g/mol. The Bertz CT molecular complexity index is 478. The fourth-order valence-corrected chi connectivity index (χ4v) is 5.23. The standard InChI is InChI=1S/C25H50N2/c1-22(2,3)20-13-17-27(18-20)25(9,10)15-14-24(7,8)21-12-11-16-26(19-21)23(4,5)6/h20-21H,11-19H2,1-10H3. The van der Waals surface area contributed by atoms with Crippen molar-refractivity contribution in [2.45, 2.75) is 112 Å². The van der Waals surface area contributed by atoms with Crippen molar-refractivity contribution in [3.05, 3.63) is 0 Å². The SMILES string of the molecule is CC(C)(C)C1CCN(C(C)(C)CCC(C)(C)C2CCCN(C(C)(C)C)C2)C1. The van der Waals surface area contributed by atoms with Crippen LogP contribution in [0.4, 0.5) is 0 Å². The highest BCUT2D eigenvalue weighted by molar-refractivity contribution is 4.94. The zero-order valence-electron chi connectivity index (χ0n) is 20.4. The van der Waals surface area contributed by atoms with Crippen molar-refractivity contribution in [3.8, 4) is 0 Å². The summed E-state index contributed by atoms with van der Waals surface area (Å²) in [4.78, 5) is 5.52. The van der Waals surface area contributed by atoms with Crippen LogP contribution in [0.2, 0.25) is 0 Å². The van der Waals surface area contributed by atoms with Crippen LogP contribution in [0.1, 0.15) is 101 Å². The molecule has 0 N–H and O–H groups in total. The van der Waals surface area contributed by atoms with Gasteiger partial charge in [0, 0.05) is 24.2 Å². The average Bonchev–Trinajstić information content (AvgIpc) is 3.04. The topological polar surface area (TPSA) is 6.48 Å². The van der Waals surface area contributed by atoms with Crippen LogP contribution in [0.15, 0.2) is 0 Å². The van der Waals surface area contributed by atoms with Crippen LogP contribution < -0.4 is 0 Å². The Kier molecular flexibility index (Phi) is 6.85. The van der Waals surface area contributed by atoms with Crippen LogP contribution in [0.5, 0.6) is 0 Å². The number of piperidine rings is 1. The predicted molar refractivity (Wildman–Crippen MR) is 120 cm³/mol. The molecule has 27 heavy (non-hydrogen) atoms. The Hall–Kier alpha value is -0.0800. The smallest absolute Gasteiger partial charge is 0.0153 e. The molecule has 0 saturated carbocycles. The second kappa shape index (κ2) is 7.98. The lowest BCUT2D eigenvalue weighted by atomic mass is 9.70. The van der Waals surface area contributed by atoms with E-state index in [0.29, 0.717) is 21.9 Å². The van der Waals surface area contributed by atoms with Gasteiger partial charge in [0.15, 0.2) is 0 Å². The number of rotatable bonds is 5. The van der Waals surface area contributed by atoms with Crippen molar-refractivity contribution in [2.75, 3.05) is 26.2 Å². The summed E-state index contributed by atoms with van der Waals surface area (Å²) in [5.74, 6) is 1.69. The highest BCUT2D eigenvalue weighted by Crippen LogP contribution is 2.43. The maximum atomic E-state index is 2.79. The van der Waals surface area contributed by atoms with Gasteiger partial charge in [0.05, 0.1) is 0 Å². The first-order valence-electron chi connectivity index (χ1n) is 11.6. The second-order valence-corrected chi connectivity index (χ2v) is 13.1. The Morgan fingerprint density at radius 1 is 0.667 bits per heavy atom. The lowest BCUT2D eigenvalue weighted by Crippen LogP contribution is -2.50. The predicted octanol–water partition coefficient (Wildman–Crippen LogP) is 6.45. The molecule has 2 saturated heterocycles. The van der Waals surface area contributed by atoms with Gasteiger partial charge in [-0.15, -0.1) is 0 Å². The maximum Gasteiger partial charge on any atom is 0.0153 e. The van der Waals surface area contributed by atoms with Gasteiger partial charge >= 0.3 is 0 Å². The molecule has 0 aromatic rings. The molecule has 2 aliphatic heterocycles. The maximum absolute atomic E-state index is 2.79. The van der Waals surface area contributed by atoms with Crippen LogP contribution in [-0.4, -0.2) is 47.1 Å². The van der Waals surface area contributed by atoms with E-state index in [9.17, 15) is 0 Å². The summed E-state index contributed by atoms with van der Waals surface area (Å²) in [5, 5.41) is 0. The van der Waals surface area contributed by atoms with Gasteiger partial charge in [-0.1, -0.05) is 34.6 Å². The first kappa shape index (κ1) is 23.2. The molecule has 2 rings (SSSR count). The molecule has 2 fully saturated rings. The molecule has 0 aromatic heterocycles. The summed E-state index contributed by atoms with van der Waals surface area (Å²) in [5.41, 5.74) is 1.52. The molecule has 0 radical (unpaired) electrons. The van der Waals surface area contributed by atoms with E-state index in [0.717, 1.165) is 11.8 Å². The summed E-state index contributed by atoms with van der Waals surface area (Å²) in [7, 11) is 0. The van der Waals surface area contributed by atoms with Gasteiger partial charge in [-0.3, -0.25) is 9.80 Å². The third-order valence-corrected chi connectivity index (χ3v) is 8.13. The Balaban J connectivity index is 1.93. The molecule has 0 bridgehead atoms. The van der Waals surface area contributed by atoms with Crippen LogP contribution in [0.3, 0.4) is 0 Å². The van der Waals surface area contributed by atoms with E-state index in [2.05, 4.69) is 79.0 Å². The first-order chi connectivity index (χ1) is 12.1. The second-order valence-electron chi connectivity index (χ2n) is 13.1. The van der Waals surface area contributed by atoms with E-state index in [1.165, 1.54) is 58.3 Å². The Morgan fingerprint density at radius 3 is 1.78 bits per heavy atom. The van der Waals surface area contributed by atoms with Crippen molar-refractivity contribution in [2.24, 2.45) is 22.7 Å². The van der Waals surface area contributed by atoms with Gasteiger partial charge < -0.3 is 0 Å². The van der Waals surface area contributed by atoms with Crippen LogP contribution in [0, 0.1) is 22.7 Å². The highest BCUT2D eigenvalue weighted by Gasteiger charge is 2.40. The largest absolute Gasteiger partial charge is 0.298 e. The summed E-state index contributed by atoms with van der Waals surface area (Å²) in [6.07, 6.45) is 6.83. The van der Waals surface area contributed by atoms with E-state index >= 15 is 0 Å². The fraction of sp³-hybridized carbons (Fsp3) is 1.00. The van der Waals surface area contributed by atoms with Crippen molar-refractivity contribution in [1.82, 2.24) is 9.80 Å². The summed E-state index contributed by atoms with van der Waals surface area (Å²) in [6.45, 7) is 29.6. The quantitative estimate of drug-likeness (QED) is 0.542. The van der Waals surface area contributed by atoms with Gasteiger partial charge in [0.2, 0.25) is 0 Å². The first-order valence-corrected chi connectivity index (χ1v) is 11.6. The van der Waals surface area contributed by atoms with Crippen LogP contribution in [0.25, 0.3) is 0 Å². The Labute approximate surface area is 171 Å². The zero-order valence-corrected chi connectivity index (χ0v) is 20.4. The summed E-state index contributed by atoms with van der Waals surface area (Å²) in [6, 6.07) is 0. The van der Waals surface area contributed by atoms with E-state index < -0.39 is 0 Å². The number of likely N-dealkylation sites (tertiary alicyclic amines) is 2. The van der Waals surface area contributed by atoms with E-state index in [-0.39, 0.29) is 0 Å². The van der Waals surface area contributed by atoms with Gasteiger partial charge in [-0.25, -0.2) is 0 Å². The molecule has 0 aromatic carbocycles. The third kappa shape index (κ3) is 5.95. The van der Waals surface area contributed by atoms with E-state index in [4.69, 9.17) is 0 Å². The van der Waals surface area contributed by atoms with Crippen molar-refractivity contribution >= 4 is 0 Å². The molecule has 2 atom stereocenters. The molecule has 160 valence electrons. The minimum Gasteiger partial charge on any atom is -0.298 e. The van der Waals surface area contributed by atoms with Gasteiger partial charge in [-0.2, -0.15) is 0 Å².